The van der Waals surface area contributed by atoms with Crippen molar-refractivity contribution in [3.05, 3.63) is 47.6 Å². The molecule has 1 aromatic carbocycles. The smallest absolute Gasteiger partial charge is 0.375 e. The second kappa shape index (κ2) is 7.66. The SMILES string of the molecule is C=CCCN(C(=O)Oc1ncc(-c2ccccc2Br)[nH]1)C(C)(C)C. The average Bonchev–Trinajstić information content (AvgIpc) is 2.95. The summed E-state index contributed by atoms with van der Waals surface area (Å²) in [7, 11) is 0. The van der Waals surface area contributed by atoms with E-state index in [9.17, 15) is 4.79 Å². The number of benzene rings is 1. The normalized spacial score (nSPS) is 11.2. The molecule has 0 radical (unpaired) electrons. The highest BCUT2D eigenvalue weighted by molar-refractivity contribution is 9.10. The number of halogens is 1. The lowest BCUT2D eigenvalue weighted by molar-refractivity contribution is 0.105. The van der Waals surface area contributed by atoms with E-state index in [0.29, 0.717) is 13.0 Å². The average molecular weight is 392 g/mol. The number of hydrogen-bond acceptors (Lipinski definition) is 3. The molecular formula is C18H22BrN3O2. The van der Waals surface area contributed by atoms with Crippen molar-refractivity contribution in [1.82, 2.24) is 14.9 Å². The molecule has 0 aliphatic rings. The van der Waals surface area contributed by atoms with Crippen molar-refractivity contribution in [3.63, 3.8) is 0 Å². The summed E-state index contributed by atoms with van der Waals surface area (Å²) < 4.78 is 6.35. The van der Waals surface area contributed by atoms with Gasteiger partial charge in [-0.3, -0.25) is 0 Å². The number of aromatic nitrogens is 2. The van der Waals surface area contributed by atoms with Crippen molar-refractivity contribution in [2.45, 2.75) is 32.7 Å². The number of hydrogen-bond donors (Lipinski definition) is 1. The molecule has 0 fully saturated rings. The number of rotatable bonds is 5. The van der Waals surface area contributed by atoms with E-state index in [0.717, 1.165) is 15.7 Å². The van der Waals surface area contributed by atoms with Crippen LogP contribution in [0.4, 0.5) is 4.79 Å². The molecule has 1 N–H and O–H groups in total. The number of nitrogens with zero attached hydrogens (tertiary/aromatic N) is 2. The largest absolute Gasteiger partial charge is 0.418 e. The summed E-state index contributed by atoms with van der Waals surface area (Å²) >= 11 is 3.50. The Hall–Kier alpha value is -2.08. The first-order valence-corrected chi connectivity index (χ1v) is 8.52. The van der Waals surface area contributed by atoms with Crippen molar-refractivity contribution in [3.8, 4) is 17.3 Å². The zero-order valence-corrected chi connectivity index (χ0v) is 15.8. The van der Waals surface area contributed by atoms with Gasteiger partial charge in [-0.25, -0.2) is 9.78 Å². The molecule has 0 saturated heterocycles. The van der Waals surface area contributed by atoms with Crippen LogP contribution in [0.25, 0.3) is 11.3 Å². The summed E-state index contributed by atoms with van der Waals surface area (Å²) in [5.74, 6) is 0. The van der Waals surface area contributed by atoms with Crippen LogP contribution < -0.4 is 4.74 Å². The van der Waals surface area contributed by atoms with Crippen LogP contribution in [0.15, 0.2) is 47.6 Å². The van der Waals surface area contributed by atoms with Gasteiger partial charge in [0.2, 0.25) is 0 Å². The molecule has 0 atom stereocenters. The Morgan fingerprint density at radius 3 is 2.75 bits per heavy atom. The first-order chi connectivity index (χ1) is 11.3. The minimum Gasteiger partial charge on any atom is -0.375 e. The van der Waals surface area contributed by atoms with Crippen LogP contribution in [0, 0.1) is 0 Å². The van der Waals surface area contributed by atoms with Gasteiger partial charge in [0, 0.05) is 22.1 Å². The first kappa shape index (κ1) is 18.3. The van der Waals surface area contributed by atoms with E-state index in [2.05, 4.69) is 32.5 Å². The summed E-state index contributed by atoms with van der Waals surface area (Å²) in [5.41, 5.74) is 1.38. The zero-order valence-electron chi connectivity index (χ0n) is 14.2. The summed E-state index contributed by atoms with van der Waals surface area (Å²) in [6, 6.07) is 7.95. The third-order valence-corrected chi connectivity index (χ3v) is 4.18. The van der Waals surface area contributed by atoms with Gasteiger partial charge in [0.15, 0.2) is 0 Å². The van der Waals surface area contributed by atoms with Crippen molar-refractivity contribution in [1.29, 1.82) is 0 Å². The lowest BCUT2D eigenvalue weighted by Gasteiger charge is -2.34. The molecule has 1 heterocycles. The summed E-state index contributed by atoms with van der Waals surface area (Å²) in [6.07, 6.45) is 3.70. The van der Waals surface area contributed by atoms with Gasteiger partial charge in [-0.1, -0.05) is 40.2 Å². The number of nitrogens with one attached hydrogen (secondary N) is 1. The minimum atomic E-state index is -0.433. The third kappa shape index (κ3) is 4.47. The maximum Gasteiger partial charge on any atom is 0.418 e. The molecule has 24 heavy (non-hydrogen) atoms. The monoisotopic (exact) mass is 391 g/mol. The Morgan fingerprint density at radius 2 is 2.12 bits per heavy atom. The van der Waals surface area contributed by atoms with Crippen LogP contribution >= 0.6 is 15.9 Å². The van der Waals surface area contributed by atoms with Crippen molar-refractivity contribution in [2.75, 3.05) is 6.54 Å². The fraction of sp³-hybridized carbons (Fsp3) is 0.333. The van der Waals surface area contributed by atoms with Gasteiger partial charge in [0.25, 0.3) is 0 Å². The van der Waals surface area contributed by atoms with E-state index < -0.39 is 6.09 Å². The Labute approximate surface area is 150 Å². The van der Waals surface area contributed by atoms with Crippen molar-refractivity contribution >= 4 is 22.0 Å². The van der Waals surface area contributed by atoms with Crippen LogP contribution in [0.1, 0.15) is 27.2 Å². The van der Waals surface area contributed by atoms with E-state index >= 15 is 0 Å². The predicted octanol–water partition coefficient (Wildman–Crippen LogP) is 5.01. The van der Waals surface area contributed by atoms with Gasteiger partial charge in [-0.05, 0) is 33.3 Å². The first-order valence-electron chi connectivity index (χ1n) is 7.73. The molecule has 128 valence electrons. The van der Waals surface area contributed by atoms with Crippen LogP contribution in [-0.4, -0.2) is 33.0 Å². The maximum atomic E-state index is 12.5. The fourth-order valence-electron chi connectivity index (χ4n) is 2.23. The maximum absolute atomic E-state index is 12.5. The second-order valence-corrected chi connectivity index (χ2v) is 7.20. The van der Waals surface area contributed by atoms with Gasteiger partial charge in [0.05, 0.1) is 11.9 Å². The number of aromatic amines is 1. The van der Waals surface area contributed by atoms with E-state index in [4.69, 9.17) is 4.74 Å². The lowest BCUT2D eigenvalue weighted by Crippen LogP contribution is -2.47. The highest BCUT2D eigenvalue weighted by atomic mass is 79.9. The topological polar surface area (TPSA) is 58.2 Å². The van der Waals surface area contributed by atoms with Crippen molar-refractivity contribution < 1.29 is 9.53 Å². The number of carbonyl (C=O) groups is 1. The summed E-state index contributed by atoms with van der Waals surface area (Å²) in [5, 5.41) is 0. The molecule has 2 rings (SSSR count). The molecule has 5 nitrogen and oxygen atoms in total. The van der Waals surface area contributed by atoms with Gasteiger partial charge in [-0.2, -0.15) is 0 Å². The Bertz CT molecular complexity index is 719. The summed E-state index contributed by atoms with van der Waals surface area (Å²) in [4.78, 5) is 21.3. The highest BCUT2D eigenvalue weighted by Crippen LogP contribution is 2.27. The van der Waals surface area contributed by atoms with E-state index in [1.807, 2.05) is 45.0 Å². The molecule has 0 saturated carbocycles. The number of ether oxygens (including phenoxy) is 1. The highest BCUT2D eigenvalue weighted by Gasteiger charge is 2.28. The quantitative estimate of drug-likeness (QED) is 0.728. The van der Waals surface area contributed by atoms with Crippen LogP contribution in [-0.2, 0) is 0 Å². The fourth-order valence-corrected chi connectivity index (χ4v) is 2.73. The predicted molar refractivity (Wildman–Crippen MR) is 99.0 cm³/mol. The molecule has 0 unspecified atom stereocenters. The minimum absolute atomic E-state index is 0.179. The van der Waals surface area contributed by atoms with Crippen LogP contribution in [0.2, 0.25) is 0 Å². The number of carbonyl (C=O) groups excluding carboxylic acids is 1. The van der Waals surface area contributed by atoms with Crippen molar-refractivity contribution in [2.24, 2.45) is 0 Å². The van der Waals surface area contributed by atoms with Gasteiger partial charge in [0.1, 0.15) is 0 Å². The van der Waals surface area contributed by atoms with Gasteiger partial charge < -0.3 is 14.6 Å². The molecule has 6 heteroatoms. The molecule has 0 bridgehead atoms. The molecule has 0 spiro atoms. The lowest BCUT2D eigenvalue weighted by atomic mass is 10.1. The molecule has 1 aromatic heterocycles. The Balaban J connectivity index is 2.14. The Morgan fingerprint density at radius 1 is 1.42 bits per heavy atom. The van der Waals surface area contributed by atoms with Crippen LogP contribution in [0.3, 0.4) is 0 Å². The van der Waals surface area contributed by atoms with Gasteiger partial charge in [-0.15, -0.1) is 6.58 Å². The zero-order chi connectivity index (χ0) is 17.7. The van der Waals surface area contributed by atoms with E-state index in [1.165, 1.54) is 0 Å². The number of amides is 1. The third-order valence-electron chi connectivity index (χ3n) is 3.49. The molecule has 0 aliphatic carbocycles. The summed E-state index contributed by atoms with van der Waals surface area (Å²) in [6.45, 7) is 10.1. The number of imidazole rings is 1. The Kier molecular flexibility index (Phi) is 5.83. The standard InChI is InChI=1S/C18H22BrN3O2/c1-5-6-11-22(18(2,3)4)17(23)24-16-20-12-15(21-16)13-9-7-8-10-14(13)19/h5,7-10,12H,1,6,11H2,2-4H3,(H,20,21). The van der Waals surface area contributed by atoms with Gasteiger partial charge >= 0.3 is 12.1 Å². The molecular weight excluding hydrogens is 370 g/mol. The number of H-pyrrole nitrogens is 1. The second-order valence-electron chi connectivity index (χ2n) is 6.35. The van der Waals surface area contributed by atoms with E-state index in [1.54, 1.807) is 17.2 Å². The molecule has 2 aromatic rings. The molecule has 1 amide bonds. The van der Waals surface area contributed by atoms with E-state index in [-0.39, 0.29) is 11.5 Å². The molecule has 0 aliphatic heterocycles. The van der Waals surface area contributed by atoms with Crippen LogP contribution in [0.5, 0.6) is 6.01 Å².